The quantitative estimate of drug-likeness (QED) is 0.817. The largest absolute Gasteiger partial charge is 0.507 e. The lowest BCUT2D eigenvalue weighted by Gasteiger charge is -2.06. The number of fused-ring (bicyclic) bond motifs is 1. The summed E-state index contributed by atoms with van der Waals surface area (Å²) in [6, 6.07) is 2.09. The Morgan fingerprint density at radius 3 is 2.76 bits per heavy atom. The Morgan fingerprint density at radius 2 is 2.12 bits per heavy atom. The maximum absolute atomic E-state index is 13.4. The van der Waals surface area contributed by atoms with Gasteiger partial charge in [-0.1, -0.05) is 6.92 Å². The van der Waals surface area contributed by atoms with Crippen molar-refractivity contribution >= 4 is 10.9 Å². The summed E-state index contributed by atoms with van der Waals surface area (Å²) in [6.45, 7) is 2.03. The topological polar surface area (TPSA) is 75.1 Å². The number of nitrogens with one attached hydrogen (secondary N) is 1. The molecule has 5 nitrogen and oxygen atoms in total. The minimum absolute atomic E-state index is 0.196. The van der Waals surface area contributed by atoms with Crippen molar-refractivity contribution in [3.8, 4) is 5.75 Å². The van der Waals surface area contributed by atoms with E-state index in [9.17, 15) is 19.1 Å². The molecule has 0 amide bonds. The summed E-state index contributed by atoms with van der Waals surface area (Å²) in [5, 5.41) is 9.36. The van der Waals surface area contributed by atoms with Crippen LogP contribution in [0.2, 0.25) is 0 Å². The van der Waals surface area contributed by atoms with Crippen LogP contribution in [0.1, 0.15) is 13.3 Å². The summed E-state index contributed by atoms with van der Waals surface area (Å²) < 4.78 is 14.4. The number of aromatic amines is 1. The highest BCUT2D eigenvalue weighted by Gasteiger charge is 2.13. The first-order chi connectivity index (χ1) is 8.06. The highest BCUT2D eigenvalue weighted by Crippen LogP contribution is 2.20. The smallest absolute Gasteiger partial charge is 0.328 e. The second-order valence-corrected chi connectivity index (χ2v) is 3.70. The maximum atomic E-state index is 13.4. The Labute approximate surface area is 95.1 Å². The molecule has 1 heterocycles. The van der Waals surface area contributed by atoms with Crippen molar-refractivity contribution in [1.29, 1.82) is 0 Å². The summed E-state index contributed by atoms with van der Waals surface area (Å²) in [7, 11) is 0. The fourth-order valence-electron chi connectivity index (χ4n) is 1.73. The summed E-state index contributed by atoms with van der Waals surface area (Å²) in [6.07, 6.45) is 0.588. The van der Waals surface area contributed by atoms with Gasteiger partial charge >= 0.3 is 5.69 Å². The molecule has 2 aromatic rings. The third-order valence-corrected chi connectivity index (χ3v) is 2.52. The average molecular weight is 238 g/mol. The molecule has 6 heteroatoms. The minimum atomic E-state index is -0.740. The molecule has 1 aromatic carbocycles. The lowest BCUT2D eigenvalue weighted by Crippen LogP contribution is -2.35. The number of phenols is 1. The highest BCUT2D eigenvalue weighted by molar-refractivity contribution is 5.84. The van der Waals surface area contributed by atoms with Crippen molar-refractivity contribution < 1.29 is 9.50 Å². The van der Waals surface area contributed by atoms with Crippen LogP contribution in [0.3, 0.4) is 0 Å². The van der Waals surface area contributed by atoms with Crippen molar-refractivity contribution in [3.05, 3.63) is 38.8 Å². The van der Waals surface area contributed by atoms with E-state index in [-0.39, 0.29) is 23.2 Å². The van der Waals surface area contributed by atoms with Gasteiger partial charge in [-0.2, -0.15) is 0 Å². The predicted octanol–water partition coefficient (Wildman–Crippen LogP) is 0.944. The van der Waals surface area contributed by atoms with Crippen molar-refractivity contribution in [2.24, 2.45) is 0 Å². The number of benzene rings is 1. The van der Waals surface area contributed by atoms with Gasteiger partial charge in [0.2, 0.25) is 0 Å². The van der Waals surface area contributed by atoms with Crippen LogP contribution in [0.4, 0.5) is 4.39 Å². The number of hydrogen-bond donors (Lipinski definition) is 2. The van der Waals surface area contributed by atoms with E-state index >= 15 is 0 Å². The Kier molecular flexibility index (Phi) is 2.71. The fraction of sp³-hybridized carbons (Fsp3) is 0.273. The first kappa shape index (κ1) is 11.4. The standard InChI is InChI=1S/C11H11FN2O3/c1-2-5-14-10(16)8-7(15)4-3-6(12)9(8)13-11(14)17/h3-4,15H,2,5H2,1H3,(H,13,17). The zero-order chi connectivity index (χ0) is 12.6. The molecule has 0 unspecified atom stereocenters. The van der Waals surface area contributed by atoms with Crippen LogP contribution in [0.25, 0.3) is 10.9 Å². The molecule has 17 heavy (non-hydrogen) atoms. The first-order valence-electron chi connectivity index (χ1n) is 5.20. The monoisotopic (exact) mass is 238 g/mol. The minimum Gasteiger partial charge on any atom is -0.507 e. The van der Waals surface area contributed by atoms with E-state index in [4.69, 9.17) is 0 Å². The number of H-pyrrole nitrogens is 1. The first-order valence-corrected chi connectivity index (χ1v) is 5.20. The van der Waals surface area contributed by atoms with Crippen LogP contribution in [-0.4, -0.2) is 14.7 Å². The molecular formula is C11H11FN2O3. The number of phenolic OH excluding ortho intramolecular Hbond substituents is 1. The van der Waals surface area contributed by atoms with Gasteiger partial charge in [0, 0.05) is 6.54 Å². The number of aromatic hydroxyl groups is 1. The molecule has 2 N–H and O–H groups in total. The molecule has 0 bridgehead atoms. The van der Waals surface area contributed by atoms with Gasteiger partial charge in [0.15, 0.2) is 0 Å². The van der Waals surface area contributed by atoms with E-state index in [0.29, 0.717) is 6.42 Å². The summed E-state index contributed by atoms with van der Waals surface area (Å²) >= 11 is 0. The molecule has 1 aromatic heterocycles. The Balaban J connectivity index is 2.97. The molecule has 0 spiro atoms. The third-order valence-electron chi connectivity index (χ3n) is 2.52. The van der Waals surface area contributed by atoms with E-state index in [1.807, 2.05) is 6.92 Å². The molecule has 0 aliphatic rings. The van der Waals surface area contributed by atoms with Crippen LogP contribution in [0.15, 0.2) is 21.7 Å². The Hall–Kier alpha value is -2.11. The van der Waals surface area contributed by atoms with Crippen molar-refractivity contribution in [2.45, 2.75) is 19.9 Å². The number of halogens is 1. The zero-order valence-electron chi connectivity index (χ0n) is 9.16. The van der Waals surface area contributed by atoms with Crippen molar-refractivity contribution in [3.63, 3.8) is 0 Å². The third kappa shape index (κ3) is 1.71. The second kappa shape index (κ2) is 4.04. The molecule has 0 saturated carbocycles. The Bertz CT molecular complexity index is 687. The average Bonchev–Trinajstić information content (AvgIpc) is 2.29. The van der Waals surface area contributed by atoms with Gasteiger partial charge < -0.3 is 10.1 Å². The van der Waals surface area contributed by atoms with Crippen molar-refractivity contribution in [2.75, 3.05) is 0 Å². The normalized spacial score (nSPS) is 10.9. The van der Waals surface area contributed by atoms with E-state index in [1.54, 1.807) is 0 Å². The summed E-state index contributed by atoms with van der Waals surface area (Å²) in [5.74, 6) is -1.08. The fourth-order valence-corrected chi connectivity index (χ4v) is 1.73. The molecule has 0 atom stereocenters. The van der Waals surface area contributed by atoms with Gasteiger partial charge in [-0.05, 0) is 18.6 Å². The van der Waals surface area contributed by atoms with Gasteiger partial charge in [0.25, 0.3) is 5.56 Å². The molecule has 2 rings (SSSR count). The van der Waals surface area contributed by atoms with Gasteiger partial charge in [-0.25, -0.2) is 9.18 Å². The number of aromatic nitrogens is 2. The predicted molar refractivity (Wildman–Crippen MR) is 60.7 cm³/mol. The van der Waals surface area contributed by atoms with Crippen molar-refractivity contribution in [1.82, 2.24) is 9.55 Å². The van der Waals surface area contributed by atoms with E-state index in [1.165, 1.54) is 0 Å². The number of hydrogen-bond acceptors (Lipinski definition) is 3. The molecule has 0 fully saturated rings. The van der Waals surface area contributed by atoms with Crippen LogP contribution in [0.5, 0.6) is 5.75 Å². The maximum Gasteiger partial charge on any atom is 0.328 e. The molecule has 0 saturated heterocycles. The van der Waals surface area contributed by atoms with Crippen LogP contribution in [-0.2, 0) is 6.54 Å². The van der Waals surface area contributed by atoms with E-state index in [0.717, 1.165) is 16.7 Å². The molecule has 90 valence electrons. The zero-order valence-corrected chi connectivity index (χ0v) is 9.16. The van der Waals surface area contributed by atoms with Crippen LogP contribution in [0, 0.1) is 5.82 Å². The highest BCUT2D eigenvalue weighted by atomic mass is 19.1. The van der Waals surface area contributed by atoms with E-state index < -0.39 is 17.1 Å². The molecular weight excluding hydrogens is 227 g/mol. The summed E-state index contributed by atoms with van der Waals surface area (Å²) in [4.78, 5) is 25.8. The van der Waals surface area contributed by atoms with Gasteiger partial charge in [-0.3, -0.25) is 9.36 Å². The van der Waals surface area contributed by atoms with Gasteiger partial charge in [0.05, 0.1) is 5.52 Å². The number of rotatable bonds is 2. The Morgan fingerprint density at radius 1 is 1.41 bits per heavy atom. The molecule has 0 aliphatic heterocycles. The molecule has 0 aliphatic carbocycles. The summed E-state index contributed by atoms with van der Waals surface area (Å²) in [5.41, 5.74) is -1.61. The lowest BCUT2D eigenvalue weighted by molar-refractivity contribution is 0.478. The lowest BCUT2D eigenvalue weighted by atomic mass is 10.2. The van der Waals surface area contributed by atoms with Gasteiger partial charge in [0.1, 0.15) is 17.0 Å². The van der Waals surface area contributed by atoms with Crippen LogP contribution < -0.4 is 11.2 Å². The van der Waals surface area contributed by atoms with Crippen LogP contribution >= 0.6 is 0 Å². The SMILES string of the molecule is CCCn1c(=O)[nH]c2c(F)ccc(O)c2c1=O. The van der Waals surface area contributed by atoms with Gasteiger partial charge in [-0.15, -0.1) is 0 Å². The number of nitrogens with zero attached hydrogens (tertiary/aromatic N) is 1. The van der Waals surface area contributed by atoms with E-state index in [2.05, 4.69) is 4.98 Å². The second-order valence-electron chi connectivity index (χ2n) is 3.70. The molecule has 0 radical (unpaired) electrons.